The fourth-order valence-electron chi connectivity index (χ4n) is 5.00. The first kappa shape index (κ1) is 28.4. The van der Waals surface area contributed by atoms with Crippen molar-refractivity contribution in [2.24, 2.45) is 16.5 Å². The Bertz CT molecular complexity index is 1360. The summed E-state index contributed by atoms with van der Waals surface area (Å²) in [7, 11) is 0. The molecule has 1 aliphatic heterocycles. The number of carbonyl (C=O) groups excluding carboxylic acids is 2. The third-order valence-corrected chi connectivity index (χ3v) is 6.98. The molecule has 1 unspecified atom stereocenters. The Hall–Kier alpha value is -4.66. The highest BCUT2D eigenvalue weighted by Gasteiger charge is 2.36. The molecule has 4 rings (SSSR count). The quantitative estimate of drug-likeness (QED) is 0.180. The van der Waals surface area contributed by atoms with Gasteiger partial charge in [-0.05, 0) is 48.1 Å². The molecule has 3 aromatic carbocycles. The predicted octanol–water partition coefficient (Wildman–Crippen LogP) is 3.88. The largest absolute Gasteiger partial charge is 0.481 e. The van der Waals surface area contributed by atoms with Gasteiger partial charge in [-0.1, -0.05) is 73.2 Å². The number of carboxylic acid groups (broad SMARTS) is 1. The summed E-state index contributed by atoms with van der Waals surface area (Å²) < 4.78 is 0. The average molecular weight is 542 g/mol. The highest BCUT2D eigenvalue weighted by atomic mass is 16.4. The highest BCUT2D eigenvalue weighted by Crippen LogP contribution is 2.34. The summed E-state index contributed by atoms with van der Waals surface area (Å²) in [5.41, 5.74) is 14.3. The van der Waals surface area contributed by atoms with E-state index in [-0.39, 0.29) is 30.7 Å². The minimum Gasteiger partial charge on any atom is -0.481 e. The van der Waals surface area contributed by atoms with Crippen molar-refractivity contribution in [3.05, 3.63) is 101 Å². The molecule has 1 atom stereocenters. The van der Waals surface area contributed by atoms with Crippen LogP contribution in [0.3, 0.4) is 0 Å². The lowest BCUT2D eigenvalue weighted by molar-refractivity contribution is -0.138. The third kappa shape index (κ3) is 7.25. The molecule has 0 fully saturated rings. The summed E-state index contributed by atoms with van der Waals surface area (Å²) in [5, 5.41) is 9.72. The molecule has 0 bridgehead atoms. The molecule has 1 aliphatic rings. The molecule has 40 heavy (non-hydrogen) atoms. The van der Waals surface area contributed by atoms with Crippen LogP contribution < -0.4 is 16.4 Å². The molecule has 0 spiro atoms. The Morgan fingerprint density at radius 1 is 0.900 bits per heavy atom. The third-order valence-electron chi connectivity index (χ3n) is 6.98. The number of rotatable bonds is 12. The number of nitrogens with zero attached hydrogens (tertiary/aromatic N) is 3. The van der Waals surface area contributed by atoms with Gasteiger partial charge in [-0.25, -0.2) is 0 Å². The van der Waals surface area contributed by atoms with E-state index in [2.05, 4.69) is 4.99 Å². The van der Waals surface area contributed by atoms with Gasteiger partial charge in [0.15, 0.2) is 5.96 Å². The lowest BCUT2D eigenvalue weighted by Gasteiger charge is -2.30. The molecule has 5 N–H and O–H groups in total. The number of anilines is 1. The number of aliphatic carboxylic acids is 1. The molecule has 0 saturated carbocycles. The molecule has 1 heterocycles. The molecule has 0 saturated heterocycles. The Labute approximate surface area is 234 Å². The molecule has 3 aromatic rings. The summed E-state index contributed by atoms with van der Waals surface area (Å²) in [5.74, 6) is -1.59. The van der Waals surface area contributed by atoms with Crippen molar-refractivity contribution >= 4 is 29.4 Å². The van der Waals surface area contributed by atoms with Gasteiger partial charge in [0.2, 0.25) is 5.91 Å². The van der Waals surface area contributed by atoms with Gasteiger partial charge in [0.25, 0.3) is 5.91 Å². The molecular weight excluding hydrogens is 506 g/mol. The Kier molecular flexibility index (Phi) is 9.51. The van der Waals surface area contributed by atoms with E-state index in [0.29, 0.717) is 29.9 Å². The molecule has 9 nitrogen and oxygen atoms in total. The minimum absolute atomic E-state index is 0.0835. The number of amides is 2. The van der Waals surface area contributed by atoms with Crippen LogP contribution in [0.5, 0.6) is 0 Å². The summed E-state index contributed by atoms with van der Waals surface area (Å²) in [6, 6.07) is 23.4. The van der Waals surface area contributed by atoms with E-state index in [1.807, 2.05) is 54.6 Å². The fourth-order valence-corrected chi connectivity index (χ4v) is 5.00. The first-order chi connectivity index (χ1) is 19.3. The van der Waals surface area contributed by atoms with Crippen LogP contribution >= 0.6 is 0 Å². The molecule has 0 radical (unpaired) electrons. The topological polar surface area (TPSA) is 142 Å². The second-order valence-electron chi connectivity index (χ2n) is 9.89. The average Bonchev–Trinajstić information content (AvgIpc) is 3.04. The number of fused-ring (bicyclic) bond motifs is 1. The number of aliphatic imine (C=N–C) groups is 1. The maximum absolute atomic E-state index is 14.1. The molecule has 9 heteroatoms. The Morgan fingerprint density at radius 3 is 2.27 bits per heavy atom. The van der Waals surface area contributed by atoms with Crippen molar-refractivity contribution in [3.8, 4) is 0 Å². The smallest absolute Gasteiger partial charge is 0.305 e. The van der Waals surface area contributed by atoms with Gasteiger partial charge in [-0.2, -0.15) is 0 Å². The molecular formula is C31H35N5O4. The molecule has 208 valence electrons. The van der Waals surface area contributed by atoms with Crippen LogP contribution in [0.4, 0.5) is 5.69 Å². The lowest BCUT2D eigenvalue weighted by atomic mass is 9.99. The zero-order valence-electron chi connectivity index (χ0n) is 22.4. The highest BCUT2D eigenvalue weighted by molar-refractivity contribution is 6.10. The monoisotopic (exact) mass is 541 g/mol. The zero-order valence-corrected chi connectivity index (χ0v) is 22.4. The van der Waals surface area contributed by atoms with E-state index in [0.717, 1.165) is 36.8 Å². The number of carbonyl (C=O) groups is 3. The van der Waals surface area contributed by atoms with Crippen LogP contribution in [0.2, 0.25) is 0 Å². The van der Waals surface area contributed by atoms with Crippen molar-refractivity contribution in [1.29, 1.82) is 0 Å². The number of nitrogens with two attached hydrogens (primary N) is 2. The van der Waals surface area contributed by atoms with Crippen LogP contribution in [-0.2, 0) is 22.6 Å². The van der Waals surface area contributed by atoms with Crippen LogP contribution in [-0.4, -0.2) is 46.8 Å². The van der Waals surface area contributed by atoms with E-state index >= 15 is 0 Å². The number of unbranched alkanes of at least 4 members (excludes halogenated alkanes) is 2. The fraction of sp³-hybridized carbons (Fsp3) is 0.290. The van der Waals surface area contributed by atoms with Gasteiger partial charge in [0.1, 0.15) is 6.54 Å². The van der Waals surface area contributed by atoms with Gasteiger partial charge in [-0.15, -0.1) is 0 Å². The number of carboxylic acids is 1. The Morgan fingerprint density at radius 2 is 1.60 bits per heavy atom. The predicted molar refractivity (Wildman–Crippen MR) is 155 cm³/mol. The van der Waals surface area contributed by atoms with Gasteiger partial charge in [0.05, 0.1) is 30.3 Å². The van der Waals surface area contributed by atoms with E-state index in [4.69, 9.17) is 11.5 Å². The summed E-state index contributed by atoms with van der Waals surface area (Å²) in [4.78, 5) is 46.8. The van der Waals surface area contributed by atoms with Gasteiger partial charge in [0, 0.05) is 6.54 Å². The second kappa shape index (κ2) is 13.4. The van der Waals surface area contributed by atoms with Crippen LogP contribution in [0, 0.1) is 0 Å². The second-order valence-corrected chi connectivity index (χ2v) is 9.89. The Balaban J connectivity index is 1.67. The summed E-state index contributed by atoms with van der Waals surface area (Å²) in [6.07, 6.45) is 3.08. The summed E-state index contributed by atoms with van der Waals surface area (Å²) >= 11 is 0. The standard InChI is InChI=1S/C31H35N5O4/c32-31(33)34-17-9-3-6-10-22-15-16-26-25(18-22)30(40)36(27(19-29(38)39)24-13-7-2-8-14-24)21-28(37)35(26)20-23-11-4-1-5-12-23/h1-2,4-5,7-8,11-16,18,27H,3,6,9-10,17,19-21H2,(H,38,39)(H4,32,33,34). The molecule has 2 amide bonds. The normalized spacial score (nSPS) is 13.9. The van der Waals surface area contributed by atoms with Gasteiger partial charge < -0.3 is 26.4 Å². The van der Waals surface area contributed by atoms with Gasteiger partial charge >= 0.3 is 5.97 Å². The van der Waals surface area contributed by atoms with Crippen LogP contribution in [0.1, 0.15) is 58.8 Å². The van der Waals surface area contributed by atoms with Crippen molar-refractivity contribution in [3.63, 3.8) is 0 Å². The first-order valence-electron chi connectivity index (χ1n) is 13.4. The van der Waals surface area contributed by atoms with E-state index in [1.165, 1.54) is 4.90 Å². The number of aryl methyl sites for hydroxylation is 1. The van der Waals surface area contributed by atoms with Crippen LogP contribution in [0.25, 0.3) is 0 Å². The zero-order chi connectivity index (χ0) is 28.5. The molecule has 0 aromatic heterocycles. The number of hydrogen-bond acceptors (Lipinski definition) is 4. The van der Waals surface area contributed by atoms with E-state index < -0.39 is 12.0 Å². The van der Waals surface area contributed by atoms with E-state index in [1.54, 1.807) is 29.2 Å². The van der Waals surface area contributed by atoms with Crippen molar-refractivity contribution < 1.29 is 19.5 Å². The maximum atomic E-state index is 14.1. The van der Waals surface area contributed by atoms with Crippen LogP contribution in [0.15, 0.2) is 83.9 Å². The number of guanidine groups is 1. The number of hydrogen-bond donors (Lipinski definition) is 3. The molecule has 0 aliphatic carbocycles. The van der Waals surface area contributed by atoms with Crippen molar-refractivity contribution in [2.75, 3.05) is 18.0 Å². The van der Waals surface area contributed by atoms with Crippen molar-refractivity contribution in [2.45, 2.75) is 44.7 Å². The summed E-state index contributed by atoms with van der Waals surface area (Å²) in [6.45, 7) is 0.640. The maximum Gasteiger partial charge on any atom is 0.305 e. The van der Waals surface area contributed by atoms with Gasteiger partial charge in [-0.3, -0.25) is 19.4 Å². The lowest BCUT2D eigenvalue weighted by Crippen LogP contribution is -2.41. The van der Waals surface area contributed by atoms with Crippen molar-refractivity contribution in [1.82, 2.24) is 4.90 Å². The van der Waals surface area contributed by atoms with E-state index in [9.17, 15) is 19.5 Å². The first-order valence-corrected chi connectivity index (χ1v) is 13.4. The minimum atomic E-state index is -1.05. The SMILES string of the molecule is NC(N)=NCCCCCc1ccc2c(c1)C(=O)N(C(CC(=O)O)c1ccccc1)CC(=O)N2Cc1ccccc1. The number of benzene rings is 3.